The molecule has 0 aliphatic rings. The molecule has 0 bridgehead atoms. The lowest BCUT2D eigenvalue weighted by atomic mass is 10.3. The van der Waals surface area contributed by atoms with E-state index in [0.29, 0.717) is 0 Å². The molecule has 0 N–H and O–H groups in total. The molecule has 0 aliphatic carbocycles. The van der Waals surface area contributed by atoms with Gasteiger partial charge in [-0.2, -0.15) is 0 Å². The van der Waals surface area contributed by atoms with Gasteiger partial charge < -0.3 is 4.42 Å². The fourth-order valence-corrected chi connectivity index (χ4v) is 3.40. The molecule has 2 aromatic rings. The highest BCUT2D eigenvalue weighted by molar-refractivity contribution is 9.10. The second kappa shape index (κ2) is 4.21. The van der Waals surface area contributed by atoms with Gasteiger partial charge in [0.05, 0.1) is 6.26 Å². The third-order valence-electron chi connectivity index (χ3n) is 1.92. The molecule has 0 spiro atoms. The number of hydrogen-bond acceptors (Lipinski definition) is 2. The zero-order valence-electron chi connectivity index (χ0n) is 7.46. The van der Waals surface area contributed by atoms with Crippen molar-refractivity contribution in [1.82, 2.24) is 0 Å². The van der Waals surface area contributed by atoms with Gasteiger partial charge in [-0.3, -0.25) is 0 Å². The standard InChI is InChI=1S/C10H8Br2OS/c1-6-7(11)5-9(14-6)10(12)8-3-2-4-13-8/h2-5,10H,1H3. The van der Waals surface area contributed by atoms with E-state index in [4.69, 9.17) is 4.42 Å². The molecule has 0 saturated carbocycles. The van der Waals surface area contributed by atoms with Gasteiger partial charge in [0.2, 0.25) is 0 Å². The molecular formula is C10H8Br2OS. The first-order valence-electron chi connectivity index (χ1n) is 4.12. The van der Waals surface area contributed by atoms with Crippen LogP contribution in [-0.2, 0) is 0 Å². The van der Waals surface area contributed by atoms with Gasteiger partial charge in [-0.05, 0) is 41.1 Å². The minimum atomic E-state index is 0.160. The Balaban J connectivity index is 2.32. The highest BCUT2D eigenvalue weighted by atomic mass is 79.9. The molecule has 0 fully saturated rings. The van der Waals surface area contributed by atoms with Crippen LogP contribution < -0.4 is 0 Å². The van der Waals surface area contributed by atoms with E-state index >= 15 is 0 Å². The second-order valence-corrected chi connectivity index (χ2v) is 5.99. The van der Waals surface area contributed by atoms with Gasteiger partial charge in [0.25, 0.3) is 0 Å². The third-order valence-corrected chi connectivity index (χ3v) is 5.37. The van der Waals surface area contributed by atoms with Crippen molar-refractivity contribution in [2.24, 2.45) is 0 Å². The molecule has 2 rings (SSSR count). The quantitative estimate of drug-likeness (QED) is 0.712. The largest absolute Gasteiger partial charge is 0.468 e. The number of alkyl halides is 1. The summed E-state index contributed by atoms with van der Waals surface area (Å²) < 4.78 is 6.50. The number of aryl methyl sites for hydroxylation is 1. The molecule has 0 saturated heterocycles. The lowest BCUT2D eigenvalue weighted by molar-refractivity contribution is 0.521. The molecule has 4 heteroatoms. The van der Waals surface area contributed by atoms with Gasteiger partial charge in [-0.25, -0.2) is 0 Å². The Morgan fingerprint density at radius 1 is 1.50 bits per heavy atom. The predicted octanol–water partition coefficient (Wildman–Crippen LogP) is 4.90. The Kier molecular flexibility index (Phi) is 3.14. The average Bonchev–Trinajstić information content (AvgIpc) is 2.76. The van der Waals surface area contributed by atoms with Crippen LogP contribution in [0.2, 0.25) is 0 Å². The van der Waals surface area contributed by atoms with Crippen LogP contribution in [0.15, 0.2) is 33.4 Å². The van der Waals surface area contributed by atoms with E-state index in [1.54, 1.807) is 17.6 Å². The van der Waals surface area contributed by atoms with Crippen LogP contribution in [0.1, 0.15) is 20.3 Å². The van der Waals surface area contributed by atoms with E-state index in [-0.39, 0.29) is 4.83 Å². The first kappa shape index (κ1) is 10.5. The van der Waals surface area contributed by atoms with Crippen molar-refractivity contribution in [2.75, 3.05) is 0 Å². The molecule has 1 unspecified atom stereocenters. The second-order valence-electron chi connectivity index (χ2n) is 2.93. The highest BCUT2D eigenvalue weighted by Crippen LogP contribution is 2.38. The van der Waals surface area contributed by atoms with Gasteiger partial charge >= 0.3 is 0 Å². The molecule has 2 aromatic heterocycles. The topological polar surface area (TPSA) is 13.1 Å². The van der Waals surface area contributed by atoms with Crippen LogP contribution in [0.3, 0.4) is 0 Å². The first-order valence-corrected chi connectivity index (χ1v) is 6.64. The van der Waals surface area contributed by atoms with E-state index in [1.165, 1.54) is 9.75 Å². The van der Waals surface area contributed by atoms with Crippen LogP contribution >= 0.6 is 43.2 Å². The maximum absolute atomic E-state index is 5.34. The van der Waals surface area contributed by atoms with Gasteiger partial charge in [0.1, 0.15) is 10.6 Å². The summed E-state index contributed by atoms with van der Waals surface area (Å²) in [6.07, 6.45) is 1.69. The van der Waals surface area contributed by atoms with Crippen LogP contribution in [0, 0.1) is 6.92 Å². The molecule has 0 amide bonds. The minimum Gasteiger partial charge on any atom is -0.468 e. The van der Waals surface area contributed by atoms with Crippen molar-refractivity contribution in [3.8, 4) is 0 Å². The summed E-state index contributed by atoms with van der Waals surface area (Å²) in [7, 11) is 0. The van der Waals surface area contributed by atoms with Crippen LogP contribution in [-0.4, -0.2) is 0 Å². The Labute approximate surface area is 103 Å². The van der Waals surface area contributed by atoms with E-state index in [0.717, 1.165) is 10.2 Å². The van der Waals surface area contributed by atoms with E-state index in [9.17, 15) is 0 Å². The maximum Gasteiger partial charge on any atom is 0.122 e. The average molecular weight is 336 g/mol. The lowest BCUT2D eigenvalue weighted by Crippen LogP contribution is -1.84. The van der Waals surface area contributed by atoms with Crippen molar-refractivity contribution < 1.29 is 4.42 Å². The SMILES string of the molecule is Cc1sc(C(Br)c2ccco2)cc1Br. The summed E-state index contributed by atoms with van der Waals surface area (Å²) in [6.45, 7) is 2.10. The van der Waals surface area contributed by atoms with Crippen LogP contribution in [0.5, 0.6) is 0 Å². The summed E-state index contributed by atoms with van der Waals surface area (Å²) in [5.74, 6) is 0.943. The highest BCUT2D eigenvalue weighted by Gasteiger charge is 2.16. The molecule has 0 radical (unpaired) electrons. The van der Waals surface area contributed by atoms with Crippen LogP contribution in [0.25, 0.3) is 0 Å². The molecule has 74 valence electrons. The van der Waals surface area contributed by atoms with Gasteiger partial charge in [0.15, 0.2) is 0 Å². The summed E-state index contributed by atoms with van der Waals surface area (Å²) >= 11 is 8.89. The van der Waals surface area contributed by atoms with E-state index in [2.05, 4.69) is 44.8 Å². The fourth-order valence-electron chi connectivity index (χ4n) is 1.18. The normalized spacial score (nSPS) is 13.1. The molecule has 2 heterocycles. The molecule has 1 atom stereocenters. The summed E-state index contributed by atoms with van der Waals surface area (Å²) in [5, 5.41) is 0. The summed E-state index contributed by atoms with van der Waals surface area (Å²) in [4.78, 5) is 2.70. The molecule has 0 aliphatic heterocycles. The van der Waals surface area contributed by atoms with Crippen molar-refractivity contribution in [1.29, 1.82) is 0 Å². The zero-order chi connectivity index (χ0) is 10.1. The molecule has 14 heavy (non-hydrogen) atoms. The fraction of sp³-hybridized carbons (Fsp3) is 0.200. The van der Waals surface area contributed by atoms with Crippen molar-refractivity contribution in [3.63, 3.8) is 0 Å². The Morgan fingerprint density at radius 2 is 2.29 bits per heavy atom. The number of halogens is 2. The number of rotatable bonds is 2. The molecule has 0 aromatic carbocycles. The Hall–Kier alpha value is -0.0600. The van der Waals surface area contributed by atoms with E-state index in [1.807, 2.05) is 12.1 Å². The van der Waals surface area contributed by atoms with Crippen molar-refractivity contribution in [3.05, 3.63) is 44.4 Å². The first-order chi connectivity index (χ1) is 6.68. The monoisotopic (exact) mass is 334 g/mol. The number of hydrogen-bond donors (Lipinski definition) is 0. The zero-order valence-corrected chi connectivity index (χ0v) is 11.4. The Morgan fingerprint density at radius 3 is 2.79 bits per heavy atom. The van der Waals surface area contributed by atoms with Crippen molar-refractivity contribution in [2.45, 2.75) is 11.8 Å². The molecule has 1 nitrogen and oxygen atoms in total. The van der Waals surface area contributed by atoms with E-state index < -0.39 is 0 Å². The third kappa shape index (κ3) is 1.97. The maximum atomic E-state index is 5.34. The predicted molar refractivity (Wildman–Crippen MR) is 66.2 cm³/mol. The summed E-state index contributed by atoms with van der Waals surface area (Å²) in [5.41, 5.74) is 0. The number of furan rings is 1. The van der Waals surface area contributed by atoms with Crippen LogP contribution in [0.4, 0.5) is 0 Å². The summed E-state index contributed by atoms with van der Waals surface area (Å²) in [6, 6.07) is 6.00. The lowest BCUT2D eigenvalue weighted by Gasteiger charge is -2.02. The minimum absolute atomic E-state index is 0.160. The van der Waals surface area contributed by atoms with Gasteiger partial charge in [0, 0.05) is 14.2 Å². The van der Waals surface area contributed by atoms with Gasteiger partial charge in [-0.1, -0.05) is 15.9 Å². The molecular weight excluding hydrogens is 328 g/mol. The Bertz CT molecular complexity index is 400. The number of thiophene rings is 1. The van der Waals surface area contributed by atoms with Gasteiger partial charge in [-0.15, -0.1) is 11.3 Å². The smallest absolute Gasteiger partial charge is 0.122 e. The van der Waals surface area contributed by atoms with Crippen molar-refractivity contribution >= 4 is 43.2 Å².